The molecule has 33 heavy (non-hydrogen) atoms. The number of ether oxygens (including phenoxy) is 1. The Morgan fingerprint density at radius 1 is 0.909 bits per heavy atom. The maximum absolute atomic E-state index is 13.0. The van der Waals surface area contributed by atoms with Crippen LogP contribution < -0.4 is 5.32 Å². The predicted molar refractivity (Wildman–Crippen MR) is 125 cm³/mol. The summed E-state index contributed by atoms with van der Waals surface area (Å²) in [6.07, 6.45) is 1.74. The van der Waals surface area contributed by atoms with Gasteiger partial charge in [0.1, 0.15) is 6.04 Å². The first-order valence-electron chi connectivity index (χ1n) is 11.3. The van der Waals surface area contributed by atoms with Gasteiger partial charge in [-0.15, -0.1) is 0 Å². The minimum atomic E-state index is -1.10. The lowest BCUT2D eigenvalue weighted by atomic mass is 10.0. The predicted octanol–water partition coefficient (Wildman–Crippen LogP) is 4.00. The van der Waals surface area contributed by atoms with Gasteiger partial charge in [0.2, 0.25) is 0 Å². The van der Waals surface area contributed by atoms with Crippen molar-refractivity contribution in [2.45, 2.75) is 53.0 Å². The molecule has 0 bridgehead atoms. The van der Waals surface area contributed by atoms with E-state index in [2.05, 4.69) is 5.32 Å². The van der Waals surface area contributed by atoms with E-state index in [1.165, 1.54) is 0 Å². The number of hydrogen-bond acceptors (Lipinski definition) is 5. The van der Waals surface area contributed by atoms with Crippen LogP contribution in [-0.2, 0) is 27.2 Å². The second kappa shape index (κ2) is 10.4. The summed E-state index contributed by atoms with van der Waals surface area (Å²) in [6.45, 7) is 7.28. The molecule has 1 aliphatic heterocycles. The van der Waals surface area contributed by atoms with E-state index < -0.39 is 36.3 Å². The zero-order valence-electron chi connectivity index (χ0n) is 19.5. The number of amides is 3. The second-order valence-corrected chi connectivity index (χ2v) is 8.49. The molecule has 1 atom stereocenters. The summed E-state index contributed by atoms with van der Waals surface area (Å²) in [6, 6.07) is 11.2. The zero-order valence-corrected chi connectivity index (χ0v) is 19.5. The third-order valence-corrected chi connectivity index (χ3v) is 5.71. The molecule has 3 rings (SSSR count). The van der Waals surface area contributed by atoms with Crippen LogP contribution in [0.3, 0.4) is 0 Å². The molecule has 0 saturated carbocycles. The summed E-state index contributed by atoms with van der Waals surface area (Å²) < 4.78 is 5.30. The van der Waals surface area contributed by atoms with Gasteiger partial charge in [-0.1, -0.05) is 58.0 Å². The average molecular weight is 451 g/mol. The number of nitrogens with one attached hydrogen (secondary N) is 1. The van der Waals surface area contributed by atoms with E-state index in [1.807, 2.05) is 45.9 Å². The molecule has 1 heterocycles. The van der Waals surface area contributed by atoms with Crippen LogP contribution in [0.5, 0.6) is 0 Å². The van der Waals surface area contributed by atoms with Crippen LogP contribution in [0, 0.1) is 5.92 Å². The smallest absolute Gasteiger partial charge is 0.329 e. The minimum Gasteiger partial charge on any atom is -0.454 e. The van der Waals surface area contributed by atoms with Crippen molar-refractivity contribution in [3.63, 3.8) is 0 Å². The van der Waals surface area contributed by atoms with E-state index in [4.69, 9.17) is 4.74 Å². The molecule has 7 nitrogen and oxygen atoms in total. The second-order valence-electron chi connectivity index (χ2n) is 8.49. The van der Waals surface area contributed by atoms with Gasteiger partial charge in [-0.3, -0.25) is 19.3 Å². The maximum atomic E-state index is 13.0. The van der Waals surface area contributed by atoms with E-state index in [0.29, 0.717) is 0 Å². The van der Waals surface area contributed by atoms with E-state index in [9.17, 15) is 19.2 Å². The van der Waals surface area contributed by atoms with Crippen molar-refractivity contribution in [2.24, 2.45) is 5.92 Å². The number of nitrogens with zero attached hydrogens (tertiary/aromatic N) is 1. The molecule has 0 aliphatic carbocycles. The first-order valence-corrected chi connectivity index (χ1v) is 11.3. The van der Waals surface area contributed by atoms with Crippen molar-refractivity contribution >= 4 is 29.4 Å². The molecule has 174 valence electrons. The van der Waals surface area contributed by atoms with Gasteiger partial charge >= 0.3 is 5.97 Å². The molecule has 2 aromatic rings. The van der Waals surface area contributed by atoms with Crippen LogP contribution in [0.4, 0.5) is 5.69 Å². The van der Waals surface area contributed by atoms with Crippen LogP contribution in [0.2, 0.25) is 0 Å². The van der Waals surface area contributed by atoms with E-state index in [-0.39, 0.29) is 23.5 Å². The van der Waals surface area contributed by atoms with E-state index >= 15 is 0 Å². The van der Waals surface area contributed by atoms with Crippen molar-refractivity contribution in [3.05, 3.63) is 64.7 Å². The highest BCUT2D eigenvalue weighted by atomic mass is 16.5. The molecule has 3 amide bonds. The van der Waals surface area contributed by atoms with Crippen molar-refractivity contribution in [1.29, 1.82) is 0 Å². The molecule has 0 radical (unpaired) electrons. The highest BCUT2D eigenvalue weighted by Gasteiger charge is 2.43. The number of anilines is 1. The summed E-state index contributed by atoms with van der Waals surface area (Å²) in [5.74, 6) is -2.26. The lowest BCUT2D eigenvalue weighted by Gasteiger charge is -2.26. The number of carbonyl (C=O) groups excluding carboxylic acids is 4. The van der Waals surface area contributed by atoms with Gasteiger partial charge in [0.15, 0.2) is 6.61 Å². The summed E-state index contributed by atoms with van der Waals surface area (Å²) in [4.78, 5) is 52.3. The molecular formula is C26H30N2O5. The number of esters is 1. The Balaban J connectivity index is 1.73. The van der Waals surface area contributed by atoms with Crippen LogP contribution >= 0.6 is 0 Å². The zero-order chi connectivity index (χ0) is 24.1. The summed E-state index contributed by atoms with van der Waals surface area (Å²) >= 11 is 0. The van der Waals surface area contributed by atoms with Crippen molar-refractivity contribution in [1.82, 2.24) is 4.90 Å². The fourth-order valence-corrected chi connectivity index (χ4v) is 4.06. The number of fused-ring (bicyclic) bond motifs is 1. The van der Waals surface area contributed by atoms with Crippen molar-refractivity contribution in [3.8, 4) is 0 Å². The quantitative estimate of drug-likeness (QED) is 0.460. The number of aryl methyl sites for hydroxylation is 2. The lowest BCUT2D eigenvalue weighted by molar-refractivity contribution is -0.151. The fraction of sp³-hybridized carbons (Fsp3) is 0.385. The molecule has 0 aromatic heterocycles. The molecule has 7 heteroatoms. The SMILES string of the molecule is CCc1cccc(CC)c1NC(=O)COC(=O)C(CC(C)C)N1C(=O)c2ccccc2C1=O. The van der Waals surface area contributed by atoms with Gasteiger partial charge in [-0.05, 0) is 48.4 Å². The standard InChI is InChI=1S/C26H30N2O5/c1-5-17-10-9-11-18(6-2)23(17)27-22(29)15-33-26(32)21(14-16(3)4)28-24(30)19-12-7-8-13-20(19)25(28)31/h7-13,16,21H,5-6,14-15H2,1-4H3,(H,27,29). The Morgan fingerprint density at radius 2 is 1.45 bits per heavy atom. The molecule has 0 saturated heterocycles. The van der Waals surface area contributed by atoms with Crippen LogP contribution in [0.1, 0.15) is 66.0 Å². The highest BCUT2D eigenvalue weighted by molar-refractivity contribution is 6.22. The van der Waals surface area contributed by atoms with Crippen LogP contribution in [0.15, 0.2) is 42.5 Å². The van der Waals surface area contributed by atoms with Crippen molar-refractivity contribution in [2.75, 3.05) is 11.9 Å². The first kappa shape index (κ1) is 24.2. The van der Waals surface area contributed by atoms with Gasteiger partial charge in [-0.2, -0.15) is 0 Å². The Morgan fingerprint density at radius 3 is 1.94 bits per heavy atom. The summed E-state index contributed by atoms with van der Waals surface area (Å²) in [5, 5.41) is 2.85. The van der Waals surface area contributed by atoms with Crippen molar-refractivity contribution < 1.29 is 23.9 Å². The average Bonchev–Trinajstić information content (AvgIpc) is 3.06. The minimum absolute atomic E-state index is 0.0178. The highest BCUT2D eigenvalue weighted by Crippen LogP contribution is 2.27. The third kappa shape index (κ3) is 5.13. The summed E-state index contributed by atoms with van der Waals surface area (Å²) in [7, 11) is 0. The van der Waals surface area contributed by atoms with Gasteiger partial charge in [0, 0.05) is 5.69 Å². The van der Waals surface area contributed by atoms with Gasteiger partial charge in [0.05, 0.1) is 11.1 Å². The lowest BCUT2D eigenvalue weighted by Crippen LogP contribution is -2.46. The number of para-hydroxylation sites is 1. The van der Waals surface area contributed by atoms with Gasteiger partial charge < -0.3 is 10.1 Å². The topological polar surface area (TPSA) is 92.8 Å². The molecule has 2 aromatic carbocycles. The van der Waals surface area contributed by atoms with Crippen LogP contribution in [-0.4, -0.2) is 41.2 Å². The molecule has 0 fully saturated rings. The largest absolute Gasteiger partial charge is 0.454 e. The number of imide groups is 1. The monoisotopic (exact) mass is 450 g/mol. The Hall–Kier alpha value is -3.48. The number of carbonyl (C=O) groups is 4. The maximum Gasteiger partial charge on any atom is 0.329 e. The Bertz CT molecular complexity index is 1020. The summed E-state index contributed by atoms with van der Waals surface area (Å²) in [5.41, 5.74) is 3.27. The third-order valence-electron chi connectivity index (χ3n) is 5.71. The molecule has 0 spiro atoms. The number of rotatable bonds is 9. The van der Waals surface area contributed by atoms with E-state index in [0.717, 1.165) is 34.6 Å². The number of hydrogen-bond donors (Lipinski definition) is 1. The first-order chi connectivity index (χ1) is 15.8. The molecule has 1 N–H and O–H groups in total. The van der Waals surface area contributed by atoms with Crippen LogP contribution in [0.25, 0.3) is 0 Å². The Kier molecular flexibility index (Phi) is 7.63. The Labute approximate surface area is 194 Å². The number of benzene rings is 2. The normalized spacial score (nSPS) is 13.8. The molecular weight excluding hydrogens is 420 g/mol. The van der Waals surface area contributed by atoms with Gasteiger partial charge in [-0.25, -0.2) is 4.79 Å². The molecule has 1 aliphatic rings. The fourth-order valence-electron chi connectivity index (χ4n) is 4.06. The van der Waals surface area contributed by atoms with E-state index in [1.54, 1.807) is 24.3 Å². The molecule has 1 unspecified atom stereocenters. The van der Waals surface area contributed by atoms with Gasteiger partial charge in [0.25, 0.3) is 17.7 Å².